The lowest BCUT2D eigenvalue weighted by atomic mass is 9.95. The summed E-state index contributed by atoms with van der Waals surface area (Å²) >= 11 is 13.2. The number of carbonyl (C=O) groups is 1. The number of hydrogen-bond acceptors (Lipinski definition) is 4. The summed E-state index contributed by atoms with van der Waals surface area (Å²) < 4.78 is 5.27. The monoisotopic (exact) mass is 408 g/mol. The standard InChI is InChI=1S/C19H21ClN2O2S2/c1-2-24-18(23)16-13-8-4-6-10-15(13)26-17(16)22-19(25)21-11-12-7-3-5-9-14(12)20/h3,5,7,9H,2,4,6,8,10-11H2,1H3,(H2,21,22,25). The molecule has 1 aliphatic carbocycles. The summed E-state index contributed by atoms with van der Waals surface area (Å²) in [5, 5.41) is 8.28. The van der Waals surface area contributed by atoms with Crippen molar-refractivity contribution >= 4 is 51.2 Å². The number of benzene rings is 1. The third kappa shape index (κ3) is 4.37. The number of hydrogen-bond donors (Lipinski definition) is 2. The van der Waals surface area contributed by atoms with Gasteiger partial charge in [0.15, 0.2) is 5.11 Å². The predicted molar refractivity (Wildman–Crippen MR) is 111 cm³/mol. The molecule has 1 heterocycles. The quantitative estimate of drug-likeness (QED) is 0.541. The van der Waals surface area contributed by atoms with Crippen molar-refractivity contribution in [2.45, 2.75) is 39.2 Å². The maximum atomic E-state index is 12.5. The third-order valence-corrected chi connectivity index (χ3v) is 6.10. The van der Waals surface area contributed by atoms with E-state index in [1.165, 1.54) is 4.88 Å². The SMILES string of the molecule is CCOC(=O)c1c(NC(=S)NCc2ccccc2Cl)sc2c1CCCC2. The maximum absolute atomic E-state index is 12.5. The summed E-state index contributed by atoms with van der Waals surface area (Å²) in [6.45, 7) is 2.70. The molecule has 0 unspecified atom stereocenters. The van der Waals surface area contributed by atoms with Gasteiger partial charge in [-0.1, -0.05) is 29.8 Å². The van der Waals surface area contributed by atoms with E-state index in [9.17, 15) is 4.79 Å². The van der Waals surface area contributed by atoms with Gasteiger partial charge < -0.3 is 15.4 Å². The highest BCUT2D eigenvalue weighted by atomic mass is 35.5. The number of anilines is 1. The van der Waals surface area contributed by atoms with Crippen LogP contribution in [0.3, 0.4) is 0 Å². The molecule has 0 saturated carbocycles. The molecule has 1 aromatic carbocycles. The Morgan fingerprint density at radius 3 is 2.85 bits per heavy atom. The van der Waals surface area contributed by atoms with Crippen LogP contribution >= 0.6 is 35.2 Å². The molecule has 1 aliphatic rings. The van der Waals surface area contributed by atoms with Crippen molar-refractivity contribution in [2.75, 3.05) is 11.9 Å². The van der Waals surface area contributed by atoms with Gasteiger partial charge in [-0.2, -0.15) is 0 Å². The molecule has 0 saturated heterocycles. The number of halogens is 1. The van der Waals surface area contributed by atoms with Crippen LogP contribution in [0.25, 0.3) is 0 Å². The van der Waals surface area contributed by atoms with Gasteiger partial charge in [0.2, 0.25) is 0 Å². The van der Waals surface area contributed by atoms with E-state index < -0.39 is 0 Å². The lowest BCUT2D eigenvalue weighted by Gasteiger charge is -2.13. The van der Waals surface area contributed by atoms with Crippen molar-refractivity contribution in [1.82, 2.24) is 5.32 Å². The minimum atomic E-state index is -0.275. The van der Waals surface area contributed by atoms with Crippen LogP contribution < -0.4 is 10.6 Å². The van der Waals surface area contributed by atoms with Crippen molar-refractivity contribution < 1.29 is 9.53 Å². The van der Waals surface area contributed by atoms with E-state index in [1.54, 1.807) is 11.3 Å². The second kappa shape index (κ2) is 8.84. The molecule has 26 heavy (non-hydrogen) atoms. The van der Waals surface area contributed by atoms with Crippen LogP contribution in [0.1, 0.15) is 46.1 Å². The largest absolute Gasteiger partial charge is 0.462 e. The lowest BCUT2D eigenvalue weighted by Crippen LogP contribution is -2.28. The van der Waals surface area contributed by atoms with Crippen LogP contribution in [0, 0.1) is 0 Å². The van der Waals surface area contributed by atoms with Gasteiger partial charge in [0.25, 0.3) is 0 Å². The van der Waals surface area contributed by atoms with Crippen molar-refractivity contribution in [3.8, 4) is 0 Å². The fraction of sp³-hybridized carbons (Fsp3) is 0.368. The fourth-order valence-corrected chi connectivity index (χ4v) is 4.76. The van der Waals surface area contributed by atoms with E-state index in [4.69, 9.17) is 28.6 Å². The average molecular weight is 409 g/mol. The summed E-state index contributed by atoms with van der Waals surface area (Å²) in [7, 11) is 0. The number of carbonyl (C=O) groups excluding carboxylic acids is 1. The van der Waals surface area contributed by atoms with Crippen molar-refractivity contribution in [1.29, 1.82) is 0 Å². The Morgan fingerprint density at radius 2 is 2.08 bits per heavy atom. The molecular formula is C19H21ClN2O2S2. The molecule has 0 atom stereocenters. The van der Waals surface area contributed by atoms with Crippen molar-refractivity contribution in [2.24, 2.45) is 0 Å². The highest BCUT2D eigenvalue weighted by molar-refractivity contribution is 7.80. The first-order chi connectivity index (χ1) is 12.6. The van der Waals surface area contributed by atoms with E-state index in [-0.39, 0.29) is 5.97 Å². The summed E-state index contributed by atoms with van der Waals surface area (Å²) in [6, 6.07) is 7.63. The number of fused-ring (bicyclic) bond motifs is 1. The Balaban J connectivity index is 1.74. The summed E-state index contributed by atoms with van der Waals surface area (Å²) in [5.41, 5.74) is 2.74. The van der Waals surface area contributed by atoms with Gasteiger partial charge in [-0.25, -0.2) is 4.79 Å². The molecular weight excluding hydrogens is 388 g/mol. The predicted octanol–water partition coefficient (Wildman–Crippen LogP) is 4.94. The van der Waals surface area contributed by atoms with Gasteiger partial charge in [0, 0.05) is 16.4 Å². The molecule has 4 nitrogen and oxygen atoms in total. The Hall–Kier alpha value is -1.63. The molecule has 0 fully saturated rings. The molecule has 2 N–H and O–H groups in total. The van der Waals surface area contributed by atoms with E-state index in [0.29, 0.717) is 28.9 Å². The van der Waals surface area contributed by atoms with Crippen LogP contribution in [0.5, 0.6) is 0 Å². The van der Waals surface area contributed by atoms with Crippen LogP contribution in [-0.2, 0) is 24.1 Å². The fourth-order valence-electron chi connectivity index (χ4n) is 3.04. The van der Waals surface area contributed by atoms with E-state index >= 15 is 0 Å². The number of thiocarbonyl (C=S) groups is 1. The van der Waals surface area contributed by atoms with Crippen LogP contribution in [0.4, 0.5) is 5.00 Å². The lowest BCUT2D eigenvalue weighted by molar-refractivity contribution is 0.0526. The van der Waals surface area contributed by atoms with Crippen LogP contribution in [0.15, 0.2) is 24.3 Å². The van der Waals surface area contributed by atoms with Crippen LogP contribution in [-0.4, -0.2) is 17.7 Å². The van der Waals surface area contributed by atoms with Gasteiger partial charge in [-0.3, -0.25) is 0 Å². The number of thiophene rings is 1. The van der Waals surface area contributed by atoms with E-state index in [0.717, 1.165) is 41.8 Å². The van der Waals surface area contributed by atoms with Gasteiger partial charge in [0.1, 0.15) is 5.00 Å². The average Bonchev–Trinajstić information content (AvgIpc) is 2.99. The molecule has 0 amide bonds. The van der Waals surface area contributed by atoms with Gasteiger partial charge in [-0.05, 0) is 62.0 Å². The first-order valence-electron chi connectivity index (χ1n) is 8.70. The zero-order valence-electron chi connectivity index (χ0n) is 14.6. The van der Waals surface area contributed by atoms with E-state index in [1.807, 2.05) is 31.2 Å². The topological polar surface area (TPSA) is 50.4 Å². The Kier molecular flexibility index (Phi) is 6.51. The molecule has 7 heteroatoms. The summed E-state index contributed by atoms with van der Waals surface area (Å²) in [6.07, 6.45) is 4.19. The second-order valence-electron chi connectivity index (χ2n) is 6.03. The Morgan fingerprint density at radius 1 is 1.31 bits per heavy atom. The Bertz CT molecular complexity index is 820. The minimum absolute atomic E-state index is 0.275. The summed E-state index contributed by atoms with van der Waals surface area (Å²) in [5.74, 6) is -0.275. The van der Waals surface area contributed by atoms with Gasteiger partial charge >= 0.3 is 5.97 Å². The first kappa shape index (κ1) is 19.1. The highest BCUT2D eigenvalue weighted by Crippen LogP contribution is 2.38. The van der Waals surface area contributed by atoms with Crippen molar-refractivity contribution in [3.05, 3.63) is 50.9 Å². The molecule has 0 radical (unpaired) electrons. The highest BCUT2D eigenvalue weighted by Gasteiger charge is 2.26. The first-order valence-corrected chi connectivity index (χ1v) is 10.3. The number of aryl methyl sites for hydroxylation is 1. The maximum Gasteiger partial charge on any atom is 0.341 e. The molecule has 138 valence electrons. The van der Waals surface area contributed by atoms with Crippen LogP contribution in [0.2, 0.25) is 5.02 Å². The second-order valence-corrected chi connectivity index (χ2v) is 7.96. The Labute approximate surface area is 167 Å². The van der Waals surface area contributed by atoms with Crippen molar-refractivity contribution in [3.63, 3.8) is 0 Å². The normalized spacial score (nSPS) is 13.0. The zero-order chi connectivity index (χ0) is 18.5. The molecule has 3 rings (SSSR count). The van der Waals surface area contributed by atoms with Gasteiger partial charge in [0.05, 0.1) is 12.2 Å². The number of esters is 1. The third-order valence-electron chi connectivity index (χ3n) is 4.28. The van der Waals surface area contributed by atoms with E-state index in [2.05, 4.69) is 10.6 Å². The number of nitrogens with one attached hydrogen (secondary N) is 2. The van der Waals surface area contributed by atoms with Gasteiger partial charge in [-0.15, -0.1) is 11.3 Å². The zero-order valence-corrected chi connectivity index (χ0v) is 17.0. The minimum Gasteiger partial charge on any atom is -0.462 e. The number of ether oxygens (including phenoxy) is 1. The summed E-state index contributed by atoms with van der Waals surface area (Å²) in [4.78, 5) is 13.7. The molecule has 1 aromatic heterocycles. The molecule has 0 spiro atoms. The number of rotatable bonds is 5. The molecule has 0 aliphatic heterocycles. The molecule has 2 aromatic rings. The smallest absolute Gasteiger partial charge is 0.341 e. The molecule has 0 bridgehead atoms.